The summed E-state index contributed by atoms with van der Waals surface area (Å²) < 4.78 is 0. The molecule has 3 aromatic rings. The summed E-state index contributed by atoms with van der Waals surface area (Å²) in [7, 11) is 0. The molecule has 4 rings (SSSR count). The van der Waals surface area contributed by atoms with Crippen LogP contribution in [0.4, 0.5) is 0 Å². The first-order valence-corrected chi connectivity index (χ1v) is 13.8. The summed E-state index contributed by atoms with van der Waals surface area (Å²) >= 11 is 0. The highest BCUT2D eigenvalue weighted by Gasteiger charge is 2.32. The molecular weight excluding hydrogens is 456 g/mol. The third-order valence-electron chi connectivity index (χ3n) is 7.47. The van der Waals surface area contributed by atoms with E-state index in [-0.39, 0.29) is 17.9 Å². The molecule has 1 saturated carbocycles. The van der Waals surface area contributed by atoms with Gasteiger partial charge in [0.2, 0.25) is 11.8 Å². The second-order valence-electron chi connectivity index (χ2n) is 10.4. The lowest BCUT2D eigenvalue weighted by molar-refractivity contribution is -0.141. The Bertz CT molecular complexity index is 1150. The zero-order valence-corrected chi connectivity index (χ0v) is 22.3. The summed E-state index contributed by atoms with van der Waals surface area (Å²) in [5, 5.41) is 3.29. The average Bonchev–Trinajstić information content (AvgIpc) is 3.43. The molecule has 0 aliphatic heterocycles. The molecule has 1 atom stereocenters. The minimum absolute atomic E-state index is 0.0172. The van der Waals surface area contributed by atoms with Gasteiger partial charge in [-0.25, -0.2) is 0 Å². The highest BCUT2D eigenvalue weighted by atomic mass is 16.2. The first kappa shape index (κ1) is 26.7. The van der Waals surface area contributed by atoms with E-state index in [2.05, 4.69) is 55.6 Å². The Morgan fingerprint density at radius 1 is 0.865 bits per heavy atom. The summed E-state index contributed by atoms with van der Waals surface area (Å²) in [6.07, 6.45) is 6.87. The maximum atomic E-state index is 13.8. The van der Waals surface area contributed by atoms with Crippen molar-refractivity contribution >= 4 is 11.8 Å². The van der Waals surface area contributed by atoms with Gasteiger partial charge in [-0.2, -0.15) is 0 Å². The molecule has 1 fully saturated rings. The third-order valence-corrected chi connectivity index (χ3v) is 7.47. The monoisotopic (exact) mass is 496 g/mol. The van der Waals surface area contributed by atoms with Gasteiger partial charge in [0.25, 0.3) is 0 Å². The van der Waals surface area contributed by atoms with Crippen molar-refractivity contribution in [3.63, 3.8) is 0 Å². The maximum absolute atomic E-state index is 13.8. The van der Waals surface area contributed by atoms with Gasteiger partial charge in [-0.15, -0.1) is 0 Å². The van der Waals surface area contributed by atoms with Crippen molar-refractivity contribution < 1.29 is 9.59 Å². The number of aryl methyl sites for hydroxylation is 3. The topological polar surface area (TPSA) is 49.4 Å². The van der Waals surface area contributed by atoms with Crippen molar-refractivity contribution in [2.24, 2.45) is 0 Å². The molecule has 1 aliphatic rings. The van der Waals surface area contributed by atoms with Gasteiger partial charge >= 0.3 is 0 Å². The second-order valence-corrected chi connectivity index (χ2v) is 10.4. The number of nitrogens with zero attached hydrogens (tertiary/aromatic N) is 1. The second kappa shape index (κ2) is 13.2. The molecule has 0 spiro atoms. The van der Waals surface area contributed by atoms with Crippen molar-refractivity contribution in [3.8, 4) is 0 Å². The number of amides is 2. The molecule has 0 bridgehead atoms. The SMILES string of the molecule is CCc1ccc(CCC(=O)N(Cc2cccc(C)c2)[C@H](Cc2ccccc2)C(=O)NC2CCCC2)cc1. The van der Waals surface area contributed by atoms with Crippen LogP contribution in [0, 0.1) is 6.92 Å². The lowest BCUT2D eigenvalue weighted by Gasteiger charge is -2.32. The van der Waals surface area contributed by atoms with Crippen molar-refractivity contribution in [1.29, 1.82) is 0 Å². The van der Waals surface area contributed by atoms with Gasteiger partial charge in [-0.1, -0.05) is 104 Å². The highest BCUT2D eigenvalue weighted by Crippen LogP contribution is 2.21. The largest absolute Gasteiger partial charge is 0.352 e. The molecule has 1 aliphatic carbocycles. The highest BCUT2D eigenvalue weighted by molar-refractivity contribution is 5.88. The molecule has 4 nitrogen and oxygen atoms in total. The van der Waals surface area contributed by atoms with E-state index in [1.807, 2.05) is 47.4 Å². The van der Waals surface area contributed by atoms with E-state index in [0.29, 0.717) is 25.8 Å². The van der Waals surface area contributed by atoms with Crippen molar-refractivity contribution in [2.75, 3.05) is 0 Å². The van der Waals surface area contributed by atoms with Gasteiger partial charge in [0, 0.05) is 25.4 Å². The van der Waals surface area contributed by atoms with Gasteiger partial charge in [0.1, 0.15) is 6.04 Å². The Balaban J connectivity index is 1.59. The lowest BCUT2D eigenvalue weighted by atomic mass is 10.0. The predicted molar refractivity (Wildman–Crippen MR) is 150 cm³/mol. The minimum Gasteiger partial charge on any atom is -0.352 e. The number of rotatable bonds is 11. The Hall–Kier alpha value is -3.40. The van der Waals surface area contributed by atoms with Crippen molar-refractivity contribution in [2.45, 2.75) is 83.8 Å². The normalized spacial score (nSPS) is 14.3. The molecule has 37 heavy (non-hydrogen) atoms. The van der Waals surface area contributed by atoms with E-state index in [1.165, 1.54) is 5.56 Å². The lowest BCUT2D eigenvalue weighted by Crippen LogP contribution is -2.52. The van der Waals surface area contributed by atoms with Crippen LogP contribution in [0.5, 0.6) is 0 Å². The summed E-state index contributed by atoms with van der Waals surface area (Å²) in [5.74, 6) is -0.0207. The molecule has 3 aromatic carbocycles. The predicted octanol–water partition coefficient (Wildman–Crippen LogP) is 6.19. The third kappa shape index (κ3) is 7.79. The fourth-order valence-electron chi connectivity index (χ4n) is 5.27. The molecule has 0 unspecified atom stereocenters. The maximum Gasteiger partial charge on any atom is 0.243 e. The first-order valence-electron chi connectivity index (χ1n) is 13.8. The van der Waals surface area contributed by atoms with E-state index in [9.17, 15) is 9.59 Å². The van der Waals surface area contributed by atoms with Crippen molar-refractivity contribution in [3.05, 3.63) is 107 Å². The van der Waals surface area contributed by atoms with Crippen LogP contribution < -0.4 is 5.32 Å². The summed E-state index contributed by atoms with van der Waals surface area (Å²) in [6, 6.07) is 26.4. The number of nitrogens with one attached hydrogen (secondary N) is 1. The smallest absolute Gasteiger partial charge is 0.243 e. The molecule has 0 radical (unpaired) electrons. The molecule has 0 heterocycles. The van der Waals surface area contributed by atoms with Gasteiger partial charge in [-0.05, 0) is 54.9 Å². The van der Waals surface area contributed by atoms with Crippen LogP contribution in [-0.4, -0.2) is 28.8 Å². The number of benzene rings is 3. The summed E-state index contributed by atoms with van der Waals surface area (Å²) in [4.78, 5) is 29.4. The molecule has 194 valence electrons. The van der Waals surface area contributed by atoms with Crippen LogP contribution in [0.2, 0.25) is 0 Å². The zero-order chi connectivity index (χ0) is 26.0. The summed E-state index contributed by atoms with van der Waals surface area (Å²) in [6.45, 7) is 4.62. The molecule has 4 heteroatoms. The molecular formula is C33H40N2O2. The zero-order valence-electron chi connectivity index (χ0n) is 22.3. The molecule has 0 saturated heterocycles. The van der Waals surface area contributed by atoms with Crippen LogP contribution in [0.15, 0.2) is 78.9 Å². The standard InChI is InChI=1S/C33H40N2O2/c1-3-26-16-18-27(19-17-26)20-21-32(36)35(24-29-13-9-10-25(2)22-29)31(23-28-11-5-4-6-12-28)33(37)34-30-14-7-8-15-30/h4-6,9-13,16-19,22,30-31H,3,7-8,14-15,20-21,23-24H2,1-2H3,(H,34,37)/t31-/m1/s1. The number of carbonyl (C=O) groups excluding carboxylic acids is 2. The van der Waals surface area contributed by atoms with Gasteiger partial charge < -0.3 is 10.2 Å². The van der Waals surface area contributed by atoms with Crippen LogP contribution in [0.1, 0.15) is 66.8 Å². The molecule has 0 aromatic heterocycles. The van der Waals surface area contributed by atoms with Crippen LogP contribution >= 0.6 is 0 Å². The Morgan fingerprint density at radius 3 is 2.22 bits per heavy atom. The first-order chi connectivity index (χ1) is 18.0. The van der Waals surface area contributed by atoms with E-state index >= 15 is 0 Å². The van der Waals surface area contributed by atoms with E-state index in [0.717, 1.165) is 54.4 Å². The molecule has 1 N–H and O–H groups in total. The quantitative estimate of drug-likeness (QED) is 0.344. The number of hydrogen-bond donors (Lipinski definition) is 1. The number of carbonyl (C=O) groups is 2. The minimum atomic E-state index is -0.557. The van der Waals surface area contributed by atoms with Crippen LogP contribution in [0.3, 0.4) is 0 Å². The Labute approximate surface area is 222 Å². The van der Waals surface area contributed by atoms with E-state index in [4.69, 9.17) is 0 Å². The van der Waals surface area contributed by atoms with Crippen molar-refractivity contribution in [1.82, 2.24) is 10.2 Å². The average molecular weight is 497 g/mol. The summed E-state index contributed by atoms with van der Waals surface area (Å²) in [5.41, 5.74) is 5.70. The van der Waals surface area contributed by atoms with Gasteiger partial charge in [0.05, 0.1) is 0 Å². The van der Waals surface area contributed by atoms with Gasteiger partial charge in [0.15, 0.2) is 0 Å². The van der Waals surface area contributed by atoms with E-state index < -0.39 is 6.04 Å². The van der Waals surface area contributed by atoms with Crippen LogP contribution in [-0.2, 0) is 35.4 Å². The fourth-order valence-corrected chi connectivity index (χ4v) is 5.27. The Kier molecular flexibility index (Phi) is 9.53. The van der Waals surface area contributed by atoms with Crippen LogP contribution in [0.25, 0.3) is 0 Å². The fraction of sp³-hybridized carbons (Fsp3) is 0.394. The molecule has 2 amide bonds. The van der Waals surface area contributed by atoms with Gasteiger partial charge in [-0.3, -0.25) is 9.59 Å². The Morgan fingerprint density at radius 2 is 1.54 bits per heavy atom. The number of hydrogen-bond acceptors (Lipinski definition) is 2. The van der Waals surface area contributed by atoms with E-state index in [1.54, 1.807) is 0 Å².